The molecule has 3 heteroatoms. The van der Waals surface area contributed by atoms with Crippen molar-refractivity contribution in [3.63, 3.8) is 0 Å². The lowest BCUT2D eigenvalue weighted by Gasteiger charge is -2.30. The van der Waals surface area contributed by atoms with E-state index in [1.165, 1.54) is 0 Å². The Kier molecular flexibility index (Phi) is 2.43. The molecule has 0 aromatic carbocycles. The molecule has 3 atom stereocenters. The van der Waals surface area contributed by atoms with Gasteiger partial charge in [-0.05, 0) is 0 Å². The molecule has 1 aliphatic carbocycles. The molecule has 15 heavy (non-hydrogen) atoms. The largest absolute Gasteiger partial charge is 0.308 e. The van der Waals surface area contributed by atoms with Crippen LogP contribution in [0.2, 0.25) is 0 Å². The molecule has 3 rings (SSSR count). The van der Waals surface area contributed by atoms with Crippen LogP contribution < -0.4 is 5.32 Å². The number of allylic oxidation sites excluding steroid dienone is 2. The highest BCUT2D eigenvalue weighted by molar-refractivity contribution is 5.65. The summed E-state index contributed by atoms with van der Waals surface area (Å²) in [7, 11) is 0. The molecule has 0 bridgehead atoms. The predicted molar refractivity (Wildman–Crippen MR) is 62.3 cm³/mol. The fourth-order valence-electron chi connectivity index (χ4n) is 2.63. The molecule has 80 valence electrons. The molecule has 0 aromatic heterocycles. The van der Waals surface area contributed by atoms with E-state index in [1.54, 1.807) is 0 Å². The summed E-state index contributed by atoms with van der Waals surface area (Å²) in [6.07, 6.45) is 11.0. The van der Waals surface area contributed by atoms with Crippen LogP contribution in [0.15, 0.2) is 29.3 Å². The van der Waals surface area contributed by atoms with Gasteiger partial charge in [0.25, 0.3) is 0 Å². The van der Waals surface area contributed by atoms with Crippen LogP contribution in [0, 0.1) is 5.92 Å². The molecule has 0 aromatic rings. The Bertz CT molecular complexity index is 319. The summed E-state index contributed by atoms with van der Waals surface area (Å²) in [6, 6.07) is 1.03. The lowest BCUT2D eigenvalue weighted by molar-refractivity contribution is 0.238. The van der Waals surface area contributed by atoms with Gasteiger partial charge in [0.1, 0.15) is 0 Å². The van der Waals surface area contributed by atoms with Gasteiger partial charge < -0.3 is 5.32 Å². The van der Waals surface area contributed by atoms with Gasteiger partial charge in [0.15, 0.2) is 0 Å². The molecule has 2 heterocycles. The van der Waals surface area contributed by atoms with Crippen molar-refractivity contribution in [2.75, 3.05) is 26.2 Å². The van der Waals surface area contributed by atoms with Crippen LogP contribution in [-0.2, 0) is 0 Å². The van der Waals surface area contributed by atoms with Crippen LogP contribution in [0.4, 0.5) is 0 Å². The highest BCUT2D eigenvalue weighted by Crippen LogP contribution is 2.19. The number of hydrogen-bond acceptors (Lipinski definition) is 3. The molecule has 1 fully saturated rings. The minimum Gasteiger partial charge on any atom is -0.308 e. The summed E-state index contributed by atoms with van der Waals surface area (Å²) < 4.78 is 0. The van der Waals surface area contributed by atoms with Gasteiger partial charge in [-0.2, -0.15) is 0 Å². The zero-order chi connectivity index (χ0) is 10.1. The first-order valence-corrected chi connectivity index (χ1v) is 5.76. The molecule has 0 radical (unpaired) electrons. The summed E-state index contributed by atoms with van der Waals surface area (Å²) >= 11 is 0. The molecule has 0 saturated carbocycles. The number of hydrogen-bond donors (Lipinski definition) is 1. The lowest BCUT2D eigenvalue weighted by Crippen LogP contribution is -2.45. The second kappa shape index (κ2) is 3.91. The molecule has 3 aliphatic rings. The van der Waals surface area contributed by atoms with Crippen molar-refractivity contribution in [3.05, 3.63) is 24.3 Å². The Labute approximate surface area is 90.6 Å². The van der Waals surface area contributed by atoms with Crippen molar-refractivity contribution in [2.24, 2.45) is 10.9 Å². The van der Waals surface area contributed by atoms with E-state index in [4.69, 9.17) is 0 Å². The van der Waals surface area contributed by atoms with Crippen LogP contribution in [-0.4, -0.2) is 49.4 Å². The van der Waals surface area contributed by atoms with Crippen molar-refractivity contribution in [3.8, 4) is 0 Å². The van der Waals surface area contributed by atoms with Crippen molar-refractivity contribution >= 4 is 6.21 Å². The Morgan fingerprint density at radius 3 is 3.20 bits per heavy atom. The lowest BCUT2D eigenvalue weighted by atomic mass is 9.95. The van der Waals surface area contributed by atoms with Crippen LogP contribution >= 0.6 is 0 Å². The normalized spacial score (nSPS) is 39.6. The molecular weight excluding hydrogens is 186 g/mol. The quantitative estimate of drug-likeness (QED) is 0.619. The summed E-state index contributed by atoms with van der Waals surface area (Å²) in [6.45, 7) is 4.27. The number of nitrogens with zero attached hydrogens (tertiary/aromatic N) is 2. The number of aliphatic imine (C=N–C) groups is 1. The fraction of sp³-hybridized carbons (Fsp3) is 0.583. The van der Waals surface area contributed by atoms with Gasteiger partial charge in [-0.3, -0.25) is 9.89 Å². The van der Waals surface area contributed by atoms with E-state index in [2.05, 4.69) is 45.7 Å². The first kappa shape index (κ1) is 9.31. The van der Waals surface area contributed by atoms with Crippen LogP contribution in [0.1, 0.15) is 0 Å². The van der Waals surface area contributed by atoms with Gasteiger partial charge in [-0.1, -0.05) is 24.3 Å². The zero-order valence-corrected chi connectivity index (χ0v) is 8.84. The van der Waals surface area contributed by atoms with Gasteiger partial charge in [-0.25, -0.2) is 0 Å². The van der Waals surface area contributed by atoms with E-state index in [0.29, 0.717) is 18.0 Å². The van der Waals surface area contributed by atoms with E-state index < -0.39 is 0 Å². The van der Waals surface area contributed by atoms with Gasteiger partial charge >= 0.3 is 0 Å². The minimum absolute atomic E-state index is 0.506. The van der Waals surface area contributed by atoms with Gasteiger partial charge in [0, 0.05) is 37.8 Å². The smallest absolute Gasteiger partial charge is 0.0572 e. The number of rotatable bonds is 0. The summed E-state index contributed by atoms with van der Waals surface area (Å²) in [4.78, 5) is 6.93. The van der Waals surface area contributed by atoms with Crippen molar-refractivity contribution < 1.29 is 0 Å². The average molecular weight is 203 g/mol. The molecule has 2 aliphatic heterocycles. The second-order valence-electron chi connectivity index (χ2n) is 4.49. The molecule has 3 nitrogen and oxygen atoms in total. The standard InChI is InChI=1S/C12H17N3/c1-2-4-12-10(3-1)9-15-6-5-13-7-11(15)8-14-12/h1-4,7,10-12,14H,5-6,8-9H2. The zero-order valence-electron chi connectivity index (χ0n) is 8.84. The topological polar surface area (TPSA) is 27.6 Å². The maximum Gasteiger partial charge on any atom is 0.0572 e. The predicted octanol–water partition coefficient (Wildman–Crippen LogP) is 0.455. The van der Waals surface area contributed by atoms with Crippen LogP contribution in [0.3, 0.4) is 0 Å². The fourth-order valence-corrected chi connectivity index (χ4v) is 2.63. The molecule has 1 saturated heterocycles. The van der Waals surface area contributed by atoms with E-state index >= 15 is 0 Å². The summed E-state index contributed by atoms with van der Waals surface area (Å²) in [5.74, 6) is 0.631. The molecular formula is C12H17N3. The minimum atomic E-state index is 0.506. The van der Waals surface area contributed by atoms with Crippen molar-refractivity contribution in [2.45, 2.75) is 12.1 Å². The summed E-state index contributed by atoms with van der Waals surface area (Å²) in [5, 5.41) is 3.61. The Balaban J connectivity index is 1.80. The average Bonchev–Trinajstić information content (AvgIpc) is 2.48. The highest BCUT2D eigenvalue weighted by atomic mass is 15.2. The van der Waals surface area contributed by atoms with Crippen molar-refractivity contribution in [1.82, 2.24) is 10.2 Å². The maximum absolute atomic E-state index is 4.38. The Morgan fingerprint density at radius 2 is 2.20 bits per heavy atom. The molecule has 0 spiro atoms. The van der Waals surface area contributed by atoms with E-state index in [9.17, 15) is 0 Å². The second-order valence-corrected chi connectivity index (χ2v) is 4.49. The van der Waals surface area contributed by atoms with E-state index in [-0.39, 0.29) is 0 Å². The molecule has 3 unspecified atom stereocenters. The Morgan fingerprint density at radius 1 is 1.27 bits per heavy atom. The van der Waals surface area contributed by atoms with Crippen LogP contribution in [0.5, 0.6) is 0 Å². The molecule has 0 amide bonds. The maximum atomic E-state index is 4.38. The van der Waals surface area contributed by atoms with Gasteiger partial charge in [0.05, 0.1) is 12.6 Å². The first-order chi connectivity index (χ1) is 7.43. The number of nitrogens with one attached hydrogen (secondary N) is 1. The number of fused-ring (bicyclic) bond motifs is 2. The van der Waals surface area contributed by atoms with Crippen molar-refractivity contribution in [1.29, 1.82) is 0 Å². The van der Waals surface area contributed by atoms with E-state index in [1.807, 2.05) is 0 Å². The highest BCUT2D eigenvalue weighted by Gasteiger charge is 2.30. The third kappa shape index (κ3) is 1.77. The summed E-state index contributed by atoms with van der Waals surface area (Å²) in [5.41, 5.74) is 0. The van der Waals surface area contributed by atoms with Gasteiger partial charge in [0.2, 0.25) is 0 Å². The Hall–Kier alpha value is -0.930. The molecule has 1 N–H and O–H groups in total. The first-order valence-electron chi connectivity index (χ1n) is 5.76. The van der Waals surface area contributed by atoms with Crippen LogP contribution in [0.25, 0.3) is 0 Å². The van der Waals surface area contributed by atoms with E-state index in [0.717, 1.165) is 26.2 Å². The third-order valence-electron chi connectivity index (χ3n) is 3.52. The van der Waals surface area contributed by atoms with Gasteiger partial charge in [-0.15, -0.1) is 0 Å². The third-order valence-corrected chi connectivity index (χ3v) is 3.52. The monoisotopic (exact) mass is 203 g/mol. The SMILES string of the molecule is C1=CC2CN3CCN=CC3CNC2C=C1.